The Balaban J connectivity index is 2.26. The van der Waals surface area contributed by atoms with E-state index >= 15 is 0 Å². The van der Waals surface area contributed by atoms with Gasteiger partial charge in [0.2, 0.25) is 5.91 Å². The lowest BCUT2D eigenvalue weighted by atomic mass is 10.1. The first-order valence-electron chi connectivity index (χ1n) is 5.08. The van der Waals surface area contributed by atoms with Crippen LogP contribution in [0.4, 0.5) is 0 Å². The van der Waals surface area contributed by atoms with Crippen molar-refractivity contribution in [2.45, 2.75) is 33.2 Å². The van der Waals surface area contributed by atoms with Crippen molar-refractivity contribution in [3.05, 3.63) is 20.8 Å². The van der Waals surface area contributed by atoms with Crippen LogP contribution in [0.3, 0.4) is 0 Å². The van der Waals surface area contributed by atoms with E-state index in [0.717, 1.165) is 10.9 Å². The van der Waals surface area contributed by atoms with Gasteiger partial charge in [0, 0.05) is 15.8 Å². The molecule has 1 heterocycles. The minimum absolute atomic E-state index is 0.143. The Kier molecular flexibility index (Phi) is 5.32. The molecule has 1 aromatic rings. The molecule has 0 atom stereocenters. The van der Waals surface area contributed by atoms with E-state index in [1.807, 2.05) is 11.4 Å². The SMILES string of the molecule is CC(C)CCC(=O)NCc1sccc1Br. The van der Waals surface area contributed by atoms with E-state index in [2.05, 4.69) is 35.1 Å². The zero-order valence-corrected chi connectivity index (χ0v) is 11.5. The molecule has 1 aromatic heterocycles. The number of rotatable bonds is 5. The second kappa shape index (κ2) is 6.28. The Morgan fingerprint density at radius 1 is 1.60 bits per heavy atom. The molecule has 0 bridgehead atoms. The van der Waals surface area contributed by atoms with Gasteiger partial charge in [0.25, 0.3) is 0 Å². The van der Waals surface area contributed by atoms with Crippen LogP contribution < -0.4 is 5.32 Å². The Morgan fingerprint density at radius 3 is 2.87 bits per heavy atom. The lowest BCUT2D eigenvalue weighted by Crippen LogP contribution is -2.22. The predicted molar refractivity (Wildman–Crippen MR) is 67.9 cm³/mol. The summed E-state index contributed by atoms with van der Waals surface area (Å²) < 4.78 is 1.08. The monoisotopic (exact) mass is 289 g/mol. The van der Waals surface area contributed by atoms with Crippen molar-refractivity contribution in [2.24, 2.45) is 5.92 Å². The lowest BCUT2D eigenvalue weighted by molar-refractivity contribution is -0.121. The summed E-state index contributed by atoms with van der Waals surface area (Å²) in [7, 11) is 0. The second-order valence-corrected chi connectivity index (χ2v) is 5.76. The third-order valence-corrected chi connectivity index (χ3v) is 4.01. The highest BCUT2D eigenvalue weighted by molar-refractivity contribution is 9.10. The fourth-order valence-corrected chi connectivity index (χ4v) is 2.57. The fourth-order valence-electron chi connectivity index (χ4n) is 1.14. The van der Waals surface area contributed by atoms with Gasteiger partial charge in [-0.15, -0.1) is 11.3 Å². The summed E-state index contributed by atoms with van der Waals surface area (Å²) in [6.07, 6.45) is 1.58. The van der Waals surface area contributed by atoms with Crippen molar-refractivity contribution in [3.8, 4) is 0 Å². The molecule has 0 aromatic carbocycles. The molecule has 0 saturated carbocycles. The maximum absolute atomic E-state index is 11.4. The van der Waals surface area contributed by atoms with Crippen molar-refractivity contribution in [2.75, 3.05) is 0 Å². The maximum Gasteiger partial charge on any atom is 0.220 e. The van der Waals surface area contributed by atoms with E-state index in [1.54, 1.807) is 11.3 Å². The smallest absolute Gasteiger partial charge is 0.220 e. The van der Waals surface area contributed by atoms with Gasteiger partial charge in [-0.05, 0) is 39.7 Å². The van der Waals surface area contributed by atoms with Crippen LogP contribution in [0.25, 0.3) is 0 Å². The molecule has 15 heavy (non-hydrogen) atoms. The summed E-state index contributed by atoms with van der Waals surface area (Å²) in [6.45, 7) is 4.89. The first kappa shape index (κ1) is 12.7. The highest BCUT2D eigenvalue weighted by atomic mass is 79.9. The number of carbonyl (C=O) groups excluding carboxylic acids is 1. The predicted octanol–water partition coefficient (Wildman–Crippen LogP) is 3.56. The van der Waals surface area contributed by atoms with E-state index in [4.69, 9.17) is 0 Å². The van der Waals surface area contributed by atoms with Crippen LogP contribution in [0.2, 0.25) is 0 Å². The molecule has 0 unspecified atom stereocenters. The molecule has 1 amide bonds. The van der Waals surface area contributed by atoms with Crippen LogP contribution >= 0.6 is 27.3 Å². The summed E-state index contributed by atoms with van der Waals surface area (Å²) in [6, 6.07) is 2.00. The first-order valence-corrected chi connectivity index (χ1v) is 6.75. The van der Waals surface area contributed by atoms with E-state index in [0.29, 0.717) is 18.9 Å². The van der Waals surface area contributed by atoms with Crippen LogP contribution in [0.5, 0.6) is 0 Å². The topological polar surface area (TPSA) is 29.1 Å². The number of hydrogen-bond acceptors (Lipinski definition) is 2. The zero-order valence-electron chi connectivity index (χ0n) is 9.05. The summed E-state index contributed by atoms with van der Waals surface area (Å²) in [5.41, 5.74) is 0. The zero-order chi connectivity index (χ0) is 11.3. The molecule has 4 heteroatoms. The summed E-state index contributed by atoms with van der Waals surface area (Å²) in [4.78, 5) is 12.6. The number of halogens is 1. The molecule has 1 rings (SSSR count). The van der Waals surface area contributed by atoms with E-state index < -0.39 is 0 Å². The molecule has 0 aliphatic heterocycles. The van der Waals surface area contributed by atoms with Gasteiger partial charge in [-0.25, -0.2) is 0 Å². The van der Waals surface area contributed by atoms with Crippen LogP contribution in [-0.2, 0) is 11.3 Å². The Hall–Kier alpha value is -0.350. The van der Waals surface area contributed by atoms with Gasteiger partial charge in [-0.1, -0.05) is 13.8 Å². The minimum atomic E-state index is 0.143. The van der Waals surface area contributed by atoms with E-state index in [-0.39, 0.29) is 5.91 Å². The maximum atomic E-state index is 11.4. The summed E-state index contributed by atoms with van der Waals surface area (Å²) >= 11 is 5.09. The molecular weight excluding hydrogens is 274 g/mol. The minimum Gasteiger partial charge on any atom is -0.351 e. The Labute approximate surface area is 103 Å². The molecule has 0 fully saturated rings. The molecule has 0 radical (unpaired) electrons. The normalized spacial score (nSPS) is 10.7. The van der Waals surface area contributed by atoms with Crippen LogP contribution in [0, 0.1) is 5.92 Å². The fraction of sp³-hybridized carbons (Fsp3) is 0.545. The molecule has 2 nitrogen and oxygen atoms in total. The number of nitrogens with one attached hydrogen (secondary N) is 1. The quantitative estimate of drug-likeness (QED) is 0.882. The molecule has 0 aliphatic rings. The van der Waals surface area contributed by atoms with Crippen molar-refractivity contribution in [3.63, 3.8) is 0 Å². The highest BCUT2D eigenvalue weighted by Gasteiger charge is 2.05. The molecule has 1 N–H and O–H groups in total. The average Bonchev–Trinajstić information content (AvgIpc) is 2.58. The van der Waals surface area contributed by atoms with E-state index in [9.17, 15) is 4.79 Å². The van der Waals surface area contributed by atoms with Crippen molar-refractivity contribution < 1.29 is 4.79 Å². The van der Waals surface area contributed by atoms with Gasteiger partial charge in [0.1, 0.15) is 0 Å². The largest absolute Gasteiger partial charge is 0.351 e. The summed E-state index contributed by atoms with van der Waals surface area (Å²) in [5.74, 6) is 0.730. The molecule has 0 saturated heterocycles. The third-order valence-electron chi connectivity index (χ3n) is 2.09. The van der Waals surface area contributed by atoms with Gasteiger partial charge in [-0.3, -0.25) is 4.79 Å². The Bertz CT molecular complexity index is 322. The van der Waals surface area contributed by atoms with Crippen LogP contribution in [0.15, 0.2) is 15.9 Å². The number of amides is 1. The molecular formula is C11H16BrNOS. The van der Waals surface area contributed by atoms with Crippen molar-refractivity contribution in [1.82, 2.24) is 5.32 Å². The molecule has 84 valence electrons. The van der Waals surface area contributed by atoms with Crippen molar-refractivity contribution >= 4 is 33.2 Å². The summed E-state index contributed by atoms with van der Waals surface area (Å²) in [5, 5.41) is 4.94. The lowest BCUT2D eigenvalue weighted by Gasteiger charge is -2.05. The first-order chi connectivity index (χ1) is 7.09. The number of hydrogen-bond donors (Lipinski definition) is 1. The number of carbonyl (C=O) groups is 1. The second-order valence-electron chi connectivity index (χ2n) is 3.90. The van der Waals surface area contributed by atoms with Gasteiger partial charge in [0.05, 0.1) is 6.54 Å². The number of thiophene rings is 1. The van der Waals surface area contributed by atoms with Gasteiger partial charge in [-0.2, -0.15) is 0 Å². The highest BCUT2D eigenvalue weighted by Crippen LogP contribution is 2.22. The average molecular weight is 290 g/mol. The standard InChI is InChI=1S/C11H16BrNOS/c1-8(2)3-4-11(14)13-7-10-9(12)5-6-15-10/h5-6,8H,3-4,7H2,1-2H3,(H,13,14). The van der Waals surface area contributed by atoms with Crippen LogP contribution in [0.1, 0.15) is 31.6 Å². The van der Waals surface area contributed by atoms with Crippen LogP contribution in [-0.4, -0.2) is 5.91 Å². The van der Waals surface area contributed by atoms with E-state index in [1.165, 1.54) is 4.88 Å². The third kappa shape index (κ3) is 4.80. The molecule has 0 aliphatic carbocycles. The van der Waals surface area contributed by atoms with Gasteiger partial charge < -0.3 is 5.32 Å². The Morgan fingerprint density at radius 2 is 2.33 bits per heavy atom. The van der Waals surface area contributed by atoms with Gasteiger partial charge >= 0.3 is 0 Å². The van der Waals surface area contributed by atoms with Crippen molar-refractivity contribution in [1.29, 1.82) is 0 Å². The molecule has 0 spiro atoms. The van der Waals surface area contributed by atoms with Gasteiger partial charge in [0.15, 0.2) is 0 Å².